The Morgan fingerprint density at radius 1 is 1.21 bits per heavy atom. The molecule has 1 unspecified atom stereocenters. The molecule has 1 N–H and O–H groups in total. The zero-order valence-corrected chi connectivity index (χ0v) is 10.0. The molecular weight excluding hydrogens is 174 g/mol. The second-order valence-electron chi connectivity index (χ2n) is 5.42. The fraction of sp³-hybridized carbons (Fsp3) is 1.00. The quantitative estimate of drug-likeness (QED) is 0.732. The molecule has 0 aromatic heterocycles. The first kappa shape index (κ1) is 12.0. The monoisotopic (exact) mass is 199 g/mol. The Kier molecular flexibility index (Phi) is 4.39. The summed E-state index contributed by atoms with van der Waals surface area (Å²) in [6.07, 6.45) is 1.13. The summed E-state index contributed by atoms with van der Waals surface area (Å²) in [6, 6.07) is 0.407. The molecule has 1 fully saturated rings. The van der Waals surface area contributed by atoms with Crippen LogP contribution in [0, 0.1) is 17.8 Å². The second kappa shape index (κ2) is 5.13. The third kappa shape index (κ3) is 2.96. The molecule has 0 aromatic rings. The van der Waals surface area contributed by atoms with Crippen LogP contribution < -0.4 is 0 Å². The Morgan fingerprint density at radius 3 is 2.14 bits per heavy atom. The maximum absolute atomic E-state index is 9.29. The average Bonchev–Trinajstić information content (AvgIpc) is 1.98. The molecule has 0 amide bonds. The Balaban J connectivity index is 2.28. The Bertz CT molecular complexity index is 162. The number of aliphatic hydroxyl groups excluding tert-OH is 1. The minimum absolute atomic E-state index is 0.322. The van der Waals surface area contributed by atoms with Crippen molar-refractivity contribution in [3.05, 3.63) is 0 Å². The maximum Gasteiger partial charge on any atom is 0.0586 e. The largest absolute Gasteiger partial charge is 0.395 e. The van der Waals surface area contributed by atoms with Crippen molar-refractivity contribution in [1.29, 1.82) is 0 Å². The van der Waals surface area contributed by atoms with E-state index in [1.807, 2.05) is 0 Å². The molecule has 1 aliphatic heterocycles. The minimum atomic E-state index is 0.322. The SMILES string of the molecule is CC(C)CC(CO)N1CC(C(C)C)C1. The summed E-state index contributed by atoms with van der Waals surface area (Å²) in [4.78, 5) is 2.44. The fourth-order valence-corrected chi connectivity index (χ4v) is 2.15. The molecule has 2 nitrogen and oxygen atoms in total. The third-order valence-electron chi connectivity index (χ3n) is 3.35. The van der Waals surface area contributed by atoms with Gasteiger partial charge in [-0.3, -0.25) is 4.90 Å². The van der Waals surface area contributed by atoms with Gasteiger partial charge in [0.25, 0.3) is 0 Å². The van der Waals surface area contributed by atoms with E-state index in [1.54, 1.807) is 0 Å². The number of rotatable bonds is 5. The second-order valence-corrected chi connectivity index (χ2v) is 5.42. The molecule has 0 bridgehead atoms. The molecule has 14 heavy (non-hydrogen) atoms. The summed E-state index contributed by atoms with van der Waals surface area (Å²) in [7, 11) is 0. The summed E-state index contributed by atoms with van der Waals surface area (Å²) in [5, 5.41) is 9.29. The van der Waals surface area contributed by atoms with Gasteiger partial charge >= 0.3 is 0 Å². The lowest BCUT2D eigenvalue weighted by molar-refractivity contribution is -0.00281. The molecular formula is C12H25NO. The summed E-state index contributed by atoms with van der Waals surface area (Å²) < 4.78 is 0. The molecule has 2 heteroatoms. The first-order valence-corrected chi connectivity index (χ1v) is 5.89. The van der Waals surface area contributed by atoms with Crippen molar-refractivity contribution in [2.75, 3.05) is 19.7 Å². The number of aliphatic hydroxyl groups is 1. The van der Waals surface area contributed by atoms with Crippen molar-refractivity contribution in [1.82, 2.24) is 4.90 Å². The van der Waals surface area contributed by atoms with Gasteiger partial charge in [0.15, 0.2) is 0 Å². The Hall–Kier alpha value is -0.0800. The predicted molar refractivity (Wildman–Crippen MR) is 60.2 cm³/mol. The van der Waals surface area contributed by atoms with Crippen LogP contribution in [0.25, 0.3) is 0 Å². The molecule has 0 saturated carbocycles. The molecule has 0 radical (unpaired) electrons. The van der Waals surface area contributed by atoms with E-state index in [2.05, 4.69) is 32.6 Å². The maximum atomic E-state index is 9.29. The normalized spacial score (nSPS) is 21.6. The zero-order valence-electron chi connectivity index (χ0n) is 10.0. The highest BCUT2D eigenvalue weighted by Gasteiger charge is 2.33. The van der Waals surface area contributed by atoms with Crippen molar-refractivity contribution in [2.45, 2.75) is 40.2 Å². The van der Waals surface area contributed by atoms with Gasteiger partial charge in [-0.2, -0.15) is 0 Å². The summed E-state index contributed by atoms with van der Waals surface area (Å²) >= 11 is 0. The minimum Gasteiger partial charge on any atom is -0.395 e. The highest BCUT2D eigenvalue weighted by molar-refractivity contribution is 4.86. The third-order valence-corrected chi connectivity index (χ3v) is 3.35. The van der Waals surface area contributed by atoms with E-state index in [0.29, 0.717) is 18.6 Å². The van der Waals surface area contributed by atoms with Gasteiger partial charge in [-0.25, -0.2) is 0 Å². The van der Waals surface area contributed by atoms with Gasteiger partial charge in [0.1, 0.15) is 0 Å². The summed E-state index contributed by atoms with van der Waals surface area (Å²) in [5.74, 6) is 2.34. The summed E-state index contributed by atoms with van der Waals surface area (Å²) in [6.45, 7) is 11.7. The van der Waals surface area contributed by atoms with Crippen molar-refractivity contribution in [3.8, 4) is 0 Å². The molecule has 1 aliphatic rings. The van der Waals surface area contributed by atoms with E-state index in [9.17, 15) is 5.11 Å². The number of nitrogens with zero attached hydrogens (tertiary/aromatic N) is 1. The predicted octanol–water partition coefficient (Wildman–Crippen LogP) is 1.98. The van der Waals surface area contributed by atoms with E-state index in [0.717, 1.165) is 18.3 Å². The lowest BCUT2D eigenvalue weighted by Crippen LogP contribution is -2.55. The van der Waals surface area contributed by atoms with Crippen LogP contribution >= 0.6 is 0 Å². The first-order valence-electron chi connectivity index (χ1n) is 5.89. The Labute approximate surface area is 88.3 Å². The molecule has 0 aromatic carbocycles. The van der Waals surface area contributed by atoms with E-state index in [-0.39, 0.29) is 0 Å². The first-order chi connectivity index (χ1) is 6.54. The highest BCUT2D eigenvalue weighted by Crippen LogP contribution is 2.27. The van der Waals surface area contributed by atoms with E-state index < -0.39 is 0 Å². The van der Waals surface area contributed by atoms with Gasteiger partial charge in [0.05, 0.1) is 6.61 Å². The van der Waals surface area contributed by atoms with Crippen LogP contribution in [0.2, 0.25) is 0 Å². The number of hydrogen-bond donors (Lipinski definition) is 1. The van der Waals surface area contributed by atoms with Gasteiger partial charge in [-0.15, -0.1) is 0 Å². The van der Waals surface area contributed by atoms with Crippen molar-refractivity contribution in [2.24, 2.45) is 17.8 Å². The van der Waals surface area contributed by atoms with Crippen LogP contribution in [0.4, 0.5) is 0 Å². The smallest absolute Gasteiger partial charge is 0.0586 e. The van der Waals surface area contributed by atoms with Crippen molar-refractivity contribution < 1.29 is 5.11 Å². The fourth-order valence-electron chi connectivity index (χ4n) is 2.15. The van der Waals surface area contributed by atoms with E-state index >= 15 is 0 Å². The zero-order chi connectivity index (χ0) is 10.7. The summed E-state index contributed by atoms with van der Waals surface area (Å²) in [5.41, 5.74) is 0. The molecule has 1 heterocycles. The standard InChI is InChI=1S/C12H25NO/c1-9(2)5-12(8-14)13-6-11(7-13)10(3)4/h9-12,14H,5-8H2,1-4H3. The number of likely N-dealkylation sites (tertiary alicyclic amines) is 1. The molecule has 84 valence electrons. The molecule has 1 rings (SSSR count). The van der Waals surface area contributed by atoms with Gasteiger partial charge in [0, 0.05) is 19.1 Å². The molecule has 0 spiro atoms. The van der Waals surface area contributed by atoms with E-state index in [1.165, 1.54) is 13.1 Å². The van der Waals surface area contributed by atoms with Gasteiger partial charge < -0.3 is 5.11 Å². The van der Waals surface area contributed by atoms with Crippen LogP contribution in [0.5, 0.6) is 0 Å². The Morgan fingerprint density at radius 2 is 1.79 bits per heavy atom. The number of hydrogen-bond acceptors (Lipinski definition) is 2. The average molecular weight is 199 g/mol. The van der Waals surface area contributed by atoms with Gasteiger partial charge in [-0.1, -0.05) is 27.7 Å². The van der Waals surface area contributed by atoms with Crippen molar-refractivity contribution >= 4 is 0 Å². The van der Waals surface area contributed by atoms with E-state index in [4.69, 9.17) is 0 Å². The molecule has 1 atom stereocenters. The van der Waals surface area contributed by atoms with Crippen LogP contribution in [-0.4, -0.2) is 35.7 Å². The molecule has 0 aliphatic carbocycles. The highest BCUT2D eigenvalue weighted by atomic mass is 16.3. The van der Waals surface area contributed by atoms with Gasteiger partial charge in [-0.05, 0) is 24.2 Å². The van der Waals surface area contributed by atoms with Crippen LogP contribution in [0.1, 0.15) is 34.1 Å². The lowest BCUT2D eigenvalue weighted by Gasteiger charge is -2.46. The lowest BCUT2D eigenvalue weighted by atomic mass is 9.86. The van der Waals surface area contributed by atoms with Crippen LogP contribution in [0.15, 0.2) is 0 Å². The van der Waals surface area contributed by atoms with Crippen LogP contribution in [0.3, 0.4) is 0 Å². The molecule has 1 saturated heterocycles. The van der Waals surface area contributed by atoms with Gasteiger partial charge in [0.2, 0.25) is 0 Å². The van der Waals surface area contributed by atoms with Crippen LogP contribution in [-0.2, 0) is 0 Å². The topological polar surface area (TPSA) is 23.5 Å². The van der Waals surface area contributed by atoms with Crippen molar-refractivity contribution in [3.63, 3.8) is 0 Å².